The summed E-state index contributed by atoms with van der Waals surface area (Å²) < 4.78 is 0. The molecule has 0 radical (unpaired) electrons. The predicted octanol–water partition coefficient (Wildman–Crippen LogP) is 2.11. The van der Waals surface area contributed by atoms with Crippen LogP contribution in [0.1, 0.15) is 59.2 Å². The van der Waals surface area contributed by atoms with Crippen molar-refractivity contribution in [2.24, 2.45) is 5.10 Å². The normalized spacial score (nSPS) is 16.7. The Morgan fingerprint density at radius 3 is 2.30 bits per heavy atom. The first-order chi connectivity index (χ1) is 11.2. The minimum Gasteiger partial charge on any atom is -0.274 e. The molecule has 1 fully saturated rings. The maximum Gasteiger partial charge on any atom is 0.261 e. The molecular weight excluding hydrogens is 294 g/mol. The predicted molar refractivity (Wildman–Crippen MR) is 85.1 cm³/mol. The molecule has 6 nitrogen and oxygen atoms in total. The molecule has 0 bridgehead atoms. The first-order valence-electron chi connectivity index (χ1n) is 7.96. The highest BCUT2D eigenvalue weighted by Gasteiger charge is 2.34. The molecule has 2 aliphatic rings. The Bertz CT molecular complexity index is 638. The number of amides is 3. The van der Waals surface area contributed by atoms with Crippen molar-refractivity contribution in [3.8, 4) is 0 Å². The number of benzene rings is 1. The number of carbonyl (C=O) groups excluding carboxylic acids is 3. The van der Waals surface area contributed by atoms with E-state index in [1.54, 1.807) is 24.3 Å². The van der Waals surface area contributed by atoms with Crippen molar-refractivity contribution in [2.45, 2.75) is 38.5 Å². The van der Waals surface area contributed by atoms with Crippen LogP contribution >= 0.6 is 0 Å². The molecule has 1 aliphatic heterocycles. The van der Waals surface area contributed by atoms with Crippen molar-refractivity contribution >= 4 is 23.4 Å². The molecule has 0 saturated heterocycles. The van der Waals surface area contributed by atoms with Crippen molar-refractivity contribution in [1.82, 2.24) is 10.3 Å². The van der Waals surface area contributed by atoms with Gasteiger partial charge in [-0.25, -0.2) is 5.43 Å². The number of hydrogen-bond acceptors (Lipinski definition) is 4. The number of hydrazone groups is 1. The van der Waals surface area contributed by atoms with Crippen LogP contribution in [-0.4, -0.2) is 34.9 Å². The summed E-state index contributed by atoms with van der Waals surface area (Å²) >= 11 is 0. The number of imide groups is 1. The Morgan fingerprint density at radius 2 is 1.70 bits per heavy atom. The summed E-state index contributed by atoms with van der Waals surface area (Å²) in [7, 11) is 0. The number of fused-ring (bicyclic) bond motifs is 1. The van der Waals surface area contributed by atoms with E-state index in [9.17, 15) is 14.4 Å². The van der Waals surface area contributed by atoms with E-state index in [2.05, 4.69) is 10.5 Å². The molecule has 1 aliphatic carbocycles. The fourth-order valence-corrected chi connectivity index (χ4v) is 2.93. The SMILES string of the molecule is O=C(CCCN1C(=O)c2ccccc2C1=O)NN=C1CCCC1. The van der Waals surface area contributed by atoms with Crippen LogP contribution in [0, 0.1) is 0 Å². The van der Waals surface area contributed by atoms with Crippen LogP contribution in [0.3, 0.4) is 0 Å². The van der Waals surface area contributed by atoms with Gasteiger partial charge in [0.15, 0.2) is 0 Å². The average molecular weight is 313 g/mol. The Hall–Kier alpha value is -2.50. The molecule has 0 unspecified atom stereocenters. The van der Waals surface area contributed by atoms with Gasteiger partial charge < -0.3 is 0 Å². The van der Waals surface area contributed by atoms with Gasteiger partial charge in [-0.1, -0.05) is 12.1 Å². The molecular formula is C17H19N3O3. The number of nitrogens with one attached hydrogen (secondary N) is 1. The fraction of sp³-hybridized carbons (Fsp3) is 0.412. The zero-order chi connectivity index (χ0) is 16.2. The molecule has 23 heavy (non-hydrogen) atoms. The summed E-state index contributed by atoms with van der Waals surface area (Å²) in [5.41, 5.74) is 4.47. The van der Waals surface area contributed by atoms with Gasteiger partial charge in [0.25, 0.3) is 11.8 Å². The lowest BCUT2D eigenvalue weighted by Gasteiger charge is -2.13. The minimum absolute atomic E-state index is 0.180. The third kappa shape index (κ3) is 3.31. The Balaban J connectivity index is 1.48. The van der Waals surface area contributed by atoms with Crippen LogP contribution in [0.4, 0.5) is 0 Å². The molecule has 3 rings (SSSR count). The molecule has 6 heteroatoms. The summed E-state index contributed by atoms with van der Waals surface area (Å²) in [6.07, 6.45) is 4.85. The molecule has 1 aromatic rings. The zero-order valence-electron chi connectivity index (χ0n) is 12.9. The molecule has 1 heterocycles. The lowest BCUT2D eigenvalue weighted by atomic mass is 10.1. The van der Waals surface area contributed by atoms with Gasteiger partial charge in [-0.2, -0.15) is 5.10 Å². The van der Waals surface area contributed by atoms with Crippen molar-refractivity contribution in [1.29, 1.82) is 0 Å². The first kappa shape index (κ1) is 15.4. The molecule has 0 spiro atoms. The van der Waals surface area contributed by atoms with E-state index in [0.29, 0.717) is 17.5 Å². The van der Waals surface area contributed by atoms with Gasteiger partial charge in [0.2, 0.25) is 5.91 Å². The molecule has 0 aromatic heterocycles. The van der Waals surface area contributed by atoms with E-state index in [-0.39, 0.29) is 30.7 Å². The number of hydrogen-bond donors (Lipinski definition) is 1. The lowest BCUT2D eigenvalue weighted by molar-refractivity contribution is -0.121. The second-order valence-corrected chi connectivity index (χ2v) is 5.83. The standard InChI is InChI=1S/C17H19N3O3/c21-15(19-18-12-6-1-2-7-12)10-5-11-20-16(22)13-8-3-4-9-14(13)17(20)23/h3-4,8-9H,1-2,5-7,10-11H2,(H,19,21). The van der Waals surface area contributed by atoms with Crippen LogP contribution in [-0.2, 0) is 4.79 Å². The third-order valence-electron chi connectivity index (χ3n) is 4.18. The summed E-state index contributed by atoms with van der Waals surface area (Å²) in [6.45, 7) is 0.246. The summed E-state index contributed by atoms with van der Waals surface area (Å²) in [4.78, 5) is 37.3. The summed E-state index contributed by atoms with van der Waals surface area (Å²) in [5.74, 6) is -0.740. The van der Waals surface area contributed by atoms with Crippen LogP contribution in [0.15, 0.2) is 29.4 Å². The van der Waals surface area contributed by atoms with Gasteiger partial charge in [0.05, 0.1) is 11.1 Å². The van der Waals surface area contributed by atoms with Crippen LogP contribution < -0.4 is 5.43 Å². The van der Waals surface area contributed by atoms with Crippen molar-refractivity contribution in [3.05, 3.63) is 35.4 Å². The van der Waals surface area contributed by atoms with Gasteiger partial charge in [-0.15, -0.1) is 0 Å². The summed E-state index contributed by atoms with van der Waals surface area (Å²) in [6, 6.07) is 6.78. The molecule has 0 atom stereocenters. The van der Waals surface area contributed by atoms with E-state index in [1.165, 1.54) is 4.90 Å². The second-order valence-electron chi connectivity index (χ2n) is 5.83. The maximum atomic E-state index is 12.2. The number of rotatable bonds is 5. The first-order valence-corrected chi connectivity index (χ1v) is 7.96. The number of nitrogens with zero attached hydrogens (tertiary/aromatic N) is 2. The van der Waals surface area contributed by atoms with Gasteiger partial charge in [-0.05, 0) is 44.2 Å². The van der Waals surface area contributed by atoms with Gasteiger partial charge in [0.1, 0.15) is 0 Å². The third-order valence-corrected chi connectivity index (χ3v) is 4.18. The quantitative estimate of drug-likeness (QED) is 0.668. The summed E-state index contributed by atoms with van der Waals surface area (Å²) in [5, 5.41) is 4.11. The van der Waals surface area contributed by atoms with Crippen molar-refractivity contribution in [2.75, 3.05) is 6.54 Å². The smallest absolute Gasteiger partial charge is 0.261 e. The van der Waals surface area contributed by atoms with E-state index in [4.69, 9.17) is 0 Å². The zero-order valence-corrected chi connectivity index (χ0v) is 12.9. The largest absolute Gasteiger partial charge is 0.274 e. The highest BCUT2D eigenvalue weighted by atomic mass is 16.2. The van der Waals surface area contributed by atoms with Crippen molar-refractivity contribution < 1.29 is 14.4 Å². The van der Waals surface area contributed by atoms with E-state index in [1.807, 2.05) is 0 Å². The van der Waals surface area contributed by atoms with Crippen LogP contribution in [0.25, 0.3) is 0 Å². The van der Waals surface area contributed by atoms with Crippen molar-refractivity contribution in [3.63, 3.8) is 0 Å². The van der Waals surface area contributed by atoms with Gasteiger partial charge in [0, 0.05) is 18.7 Å². The molecule has 3 amide bonds. The van der Waals surface area contributed by atoms with Gasteiger partial charge in [-0.3, -0.25) is 19.3 Å². The van der Waals surface area contributed by atoms with E-state index in [0.717, 1.165) is 31.4 Å². The maximum absolute atomic E-state index is 12.2. The highest BCUT2D eigenvalue weighted by Crippen LogP contribution is 2.22. The molecule has 1 saturated carbocycles. The fourth-order valence-electron chi connectivity index (χ4n) is 2.93. The Kier molecular flexibility index (Phi) is 4.50. The molecule has 1 N–H and O–H groups in total. The minimum atomic E-state index is -0.280. The van der Waals surface area contributed by atoms with E-state index < -0.39 is 0 Å². The van der Waals surface area contributed by atoms with E-state index >= 15 is 0 Å². The Labute approximate surface area is 134 Å². The molecule has 120 valence electrons. The Morgan fingerprint density at radius 1 is 1.09 bits per heavy atom. The van der Waals surface area contributed by atoms with Gasteiger partial charge >= 0.3 is 0 Å². The highest BCUT2D eigenvalue weighted by molar-refractivity contribution is 6.21. The van der Waals surface area contributed by atoms with Crippen LogP contribution in [0.2, 0.25) is 0 Å². The van der Waals surface area contributed by atoms with Crippen LogP contribution in [0.5, 0.6) is 0 Å². The monoisotopic (exact) mass is 313 g/mol. The number of carbonyl (C=O) groups is 3. The molecule has 1 aromatic carbocycles. The topological polar surface area (TPSA) is 78.8 Å². The lowest BCUT2D eigenvalue weighted by Crippen LogP contribution is -2.31. The average Bonchev–Trinajstić information content (AvgIpc) is 3.16. The second kappa shape index (κ2) is 6.73.